The van der Waals surface area contributed by atoms with E-state index < -0.39 is 5.97 Å². The average molecular weight is 191 g/mol. The first-order chi connectivity index (χ1) is 6.59. The maximum absolute atomic E-state index is 10.8. The molecule has 0 aromatic carbocycles. The molecule has 0 unspecified atom stereocenters. The van der Waals surface area contributed by atoms with Crippen molar-refractivity contribution >= 4 is 22.7 Å². The van der Waals surface area contributed by atoms with Crippen LogP contribution in [0.3, 0.4) is 0 Å². The standard InChI is InChI=1S/C9H9N3O2/c1-12-7(9(13)14)3-5-2-6(10)4-11-8(5)12/h2-4H,10H2,1H3,(H,13,14). The lowest BCUT2D eigenvalue weighted by molar-refractivity contribution is 0.0687. The van der Waals surface area contributed by atoms with Crippen LogP contribution >= 0.6 is 0 Å². The second-order valence-corrected chi connectivity index (χ2v) is 3.08. The van der Waals surface area contributed by atoms with E-state index in [1.807, 2.05) is 0 Å². The van der Waals surface area contributed by atoms with Gasteiger partial charge in [-0.1, -0.05) is 0 Å². The number of nitrogen functional groups attached to an aromatic ring is 1. The third kappa shape index (κ3) is 1.10. The van der Waals surface area contributed by atoms with E-state index >= 15 is 0 Å². The van der Waals surface area contributed by atoms with E-state index in [-0.39, 0.29) is 5.69 Å². The zero-order chi connectivity index (χ0) is 10.3. The van der Waals surface area contributed by atoms with Gasteiger partial charge in [0, 0.05) is 12.4 Å². The Labute approximate surface area is 79.8 Å². The second kappa shape index (κ2) is 2.73. The highest BCUT2D eigenvalue weighted by atomic mass is 16.4. The number of aryl methyl sites for hydroxylation is 1. The molecule has 0 fully saturated rings. The van der Waals surface area contributed by atoms with Crippen molar-refractivity contribution in [2.45, 2.75) is 0 Å². The largest absolute Gasteiger partial charge is 0.477 e. The summed E-state index contributed by atoms with van der Waals surface area (Å²) in [5.74, 6) is -0.968. The van der Waals surface area contributed by atoms with Gasteiger partial charge in [0.15, 0.2) is 0 Å². The Morgan fingerprint density at radius 2 is 2.29 bits per heavy atom. The summed E-state index contributed by atoms with van der Waals surface area (Å²) in [5.41, 5.74) is 6.90. The maximum Gasteiger partial charge on any atom is 0.352 e. The minimum atomic E-state index is -0.968. The van der Waals surface area contributed by atoms with E-state index in [9.17, 15) is 4.79 Å². The van der Waals surface area contributed by atoms with Crippen molar-refractivity contribution in [2.24, 2.45) is 7.05 Å². The van der Waals surface area contributed by atoms with E-state index in [0.29, 0.717) is 11.3 Å². The normalized spacial score (nSPS) is 10.6. The van der Waals surface area contributed by atoms with E-state index in [1.54, 1.807) is 19.2 Å². The van der Waals surface area contributed by atoms with Gasteiger partial charge in [-0.05, 0) is 12.1 Å². The molecular formula is C9H9N3O2. The lowest BCUT2D eigenvalue weighted by atomic mass is 10.3. The maximum atomic E-state index is 10.8. The first-order valence-electron chi connectivity index (χ1n) is 4.04. The summed E-state index contributed by atoms with van der Waals surface area (Å²) in [6.07, 6.45) is 1.51. The Morgan fingerprint density at radius 1 is 1.57 bits per heavy atom. The number of fused-ring (bicyclic) bond motifs is 1. The molecule has 0 saturated carbocycles. The van der Waals surface area contributed by atoms with Crippen molar-refractivity contribution in [1.29, 1.82) is 0 Å². The number of carbonyl (C=O) groups is 1. The molecule has 0 amide bonds. The molecule has 0 saturated heterocycles. The van der Waals surface area contributed by atoms with Gasteiger partial charge in [-0.15, -0.1) is 0 Å². The summed E-state index contributed by atoms with van der Waals surface area (Å²) >= 11 is 0. The summed E-state index contributed by atoms with van der Waals surface area (Å²) in [7, 11) is 1.66. The monoisotopic (exact) mass is 191 g/mol. The van der Waals surface area contributed by atoms with Crippen LogP contribution in [0.5, 0.6) is 0 Å². The molecule has 5 heteroatoms. The SMILES string of the molecule is Cn1c(C(=O)O)cc2cc(N)cnc21. The van der Waals surface area contributed by atoms with Crippen LogP contribution in [0, 0.1) is 0 Å². The Balaban J connectivity index is 2.79. The smallest absolute Gasteiger partial charge is 0.352 e. The molecule has 0 aliphatic heterocycles. The fourth-order valence-corrected chi connectivity index (χ4v) is 1.44. The first-order valence-corrected chi connectivity index (χ1v) is 4.04. The summed E-state index contributed by atoms with van der Waals surface area (Å²) in [6.45, 7) is 0. The molecule has 0 atom stereocenters. The van der Waals surface area contributed by atoms with Gasteiger partial charge < -0.3 is 15.4 Å². The average Bonchev–Trinajstić information content (AvgIpc) is 2.43. The third-order valence-corrected chi connectivity index (χ3v) is 2.11. The Hall–Kier alpha value is -2.04. The van der Waals surface area contributed by atoms with Gasteiger partial charge in [0.05, 0.1) is 11.9 Å². The van der Waals surface area contributed by atoms with Crippen molar-refractivity contribution in [1.82, 2.24) is 9.55 Å². The molecule has 2 heterocycles. The fourth-order valence-electron chi connectivity index (χ4n) is 1.44. The van der Waals surface area contributed by atoms with Crippen LogP contribution in [0.1, 0.15) is 10.5 Å². The van der Waals surface area contributed by atoms with Crippen LogP contribution in [0.25, 0.3) is 11.0 Å². The van der Waals surface area contributed by atoms with Gasteiger partial charge >= 0.3 is 5.97 Å². The molecule has 14 heavy (non-hydrogen) atoms. The summed E-state index contributed by atoms with van der Waals surface area (Å²) < 4.78 is 1.52. The number of anilines is 1. The molecule has 0 bridgehead atoms. The number of hydrogen-bond donors (Lipinski definition) is 2. The molecular weight excluding hydrogens is 182 g/mol. The zero-order valence-corrected chi connectivity index (χ0v) is 7.56. The van der Waals surface area contributed by atoms with Crippen LogP contribution in [0.4, 0.5) is 5.69 Å². The highest BCUT2D eigenvalue weighted by Gasteiger charge is 2.12. The van der Waals surface area contributed by atoms with Gasteiger partial charge in [0.1, 0.15) is 11.3 Å². The molecule has 2 aromatic heterocycles. The zero-order valence-electron chi connectivity index (χ0n) is 7.56. The molecule has 3 N–H and O–H groups in total. The molecule has 0 aliphatic carbocycles. The highest BCUT2D eigenvalue weighted by Crippen LogP contribution is 2.18. The number of aromatic nitrogens is 2. The number of carboxylic acids is 1. The molecule has 72 valence electrons. The quantitative estimate of drug-likeness (QED) is 0.700. The van der Waals surface area contributed by atoms with Crippen LogP contribution in [-0.4, -0.2) is 20.6 Å². The molecule has 2 aromatic rings. The summed E-state index contributed by atoms with van der Waals surface area (Å²) in [4.78, 5) is 14.9. The Kier molecular flexibility index (Phi) is 1.67. The van der Waals surface area contributed by atoms with Crippen molar-refractivity contribution < 1.29 is 9.90 Å². The lowest BCUT2D eigenvalue weighted by Crippen LogP contribution is -2.04. The Morgan fingerprint density at radius 3 is 2.93 bits per heavy atom. The molecule has 0 aliphatic rings. The van der Waals surface area contributed by atoms with E-state index in [0.717, 1.165) is 5.39 Å². The predicted molar refractivity (Wildman–Crippen MR) is 52.1 cm³/mol. The molecule has 0 spiro atoms. The fraction of sp³-hybridized carbons (Fsp3) is 0.111. The first kappa shape index (κ1) is 8.55. The number of carboxylic acid groups (broad SMARTS) is 1. The predicted octanol–water partition coefficient (Wildman–Crippen LogP) is 0.854. The van der Waals surface area contributed by atoms with Gasteiger partial charge in [0.2, 0.25) is 0 Å². The number of nitrogens with zero attached hydrogens (tertiary/aromatic N) is 2. The lowest BCUT2D eigenvalue weighted by Gasteiger charge is -1.97. The van der Waals surface area contributed by atoms with Gasteiger partial charge in [-0.2, -0.15) is 0 Å². The second-order valence-electron chi connectivity index (χ2n) is 3.08. The Bertz CT molecular complexity index is 516. The molecule has 2 rings (SSSR count). The molecule has 5 nitrogen and oxygen atoms in total. The molecule has 0 radical (unpaired) electrons. The van der Waals surface area contributed by atoms with E-state index in [2.05, 4.69) is 4.98 Å². The van der Waals surface area contributed by atoms with Crippen molar-refractivity contribution in [3.05, 3.63) is 24.0 Å². The third-order valence-electron chi connectivity index (χ3n) is 2.11. The van der Waals surface area contributed by atoms with Crippen LogP contribution < -0.4 is 5.73 Å². The number of nitrogens with two attached hydrogens (primary N) is 1. The van der Waals surface area contributed by atoms with Crippen LogP contribution in [-0.2, 0) is 7.05 Å². The van der Waals surface area contributed by atoms with Crippen molar-refractivity contribution in [3.63, 3.8) is 0 Å². The van der Waals surface area contributed by atoms with Gasteiger partial charge in [0.25, 0.3) is 0 Å². The highest BCUT2D eigenvalue weighted by molar-refractivity contribution is 5.93. The van der Waals surface area contributed by atoms with Crippen LogP contribution in [0.15, 0.2) is 18.3 Å². The van der Waals surface area contributed by atoms with Gasteiger partial charge in [-0.25, -0.2) is 9.78 Å². The topological polar surface area (TPSA) is 81.1 Å². The minimum Gasteiger partial charge on any atom is -0.477 e. The number of rotatable bonds is 1. The number of hydrogen-bond acceptors (Lipinski definition) is 3. The van der Waals surface area contributed by atoms with Crippen molar-refractivity contribution in [2.75, 3.05) is 5.73 Å². The summed E-state index contributed by atoms with van der Waals surface area (Å²) in [6, 6.07) is 3.26. The number of aromatic carboxylic acids is 1. The van der Waals surface area contributed by atoms with Crippen LogP contribution in [0.2, 0.25) is 0 Å². The van der Waals surface area contributed by atoms with E-state index in [1.165, 1.54) is 10.8 Å². The van der Waals surface area contributed by atoms with Gasteiger partial charge in [-0.3, -0.25) is 0 Å². The number of pyridine rings is 1. The van der Waals surface area contributed by atoms with E-state index in [4.69, 9.17) is 10.8 Å². The summed E-state index contributed by atoms with van der Waals surface area (Å²) in [5, 5.41) is 9.60. The van der Waals surface area contributed by atoms with Crippen molar-refractivity contribution in [3.8, 4) is 0 Å². The minimum absolute atomic E-state index is 0.207.